The molecule has 1 aliphatic rings. The van der Waals surface area contributed by atoms with Crippen LogP contribution in [-0.4, -0.2) is 42.0 Å². The third kappa shape index (κ3) is 5.39. The number of aromatic nitrogens is 1. The van der Waals surface area contributed by atoms with Crippen LogP contribution in [0.25, 0.3) is 11.1 Å². The van der Waals surface area contributed by atoms with Crippen molar-refractivity contribution in [3.8, 4) is 16.9 Å². The minimum absolute atomic E-state index is 0.0766. The third-order valence-corrected chi connectivity index (χ3v) is 6.21. The van der Waals surface area contributed by atoms with Gasteiger partial charge in [-0.3, -0.25) is 9.91 Å². The first-order valence-corrected chi connectivity index (χ1v) is 11.8. The van der Waals surface area contributed by atoms with Crippen molar-refractivity contribution >= 4 is 17.3 Å². The fraction of sp³-hybridized carbons (Fsp3) is 0.308. The monoisotopic (exact) mass is 495 g/mol. The number of nitrogens with two attached hydrogens (primary N) is 3. The van der Waals surface area contributed by atoms with Crippen molar-refractivity contribution in [1.82, 2.24) is 9.88 Å². The van der Waals surface area contributed by atoms with E-state index in [0.717, 1.165) is 53.2 Å². The molecule has 1 aromatic heterocycles. The molecule has 0 atom stereocenters. The maximum Gasteiger partial charge on any atom is 0.202 e. The highest BCUT2D eigenvalue weighted by molar-refractivity contribution is 6.12. The molecule has 190 valence electrons. The second-order valence-electron chi connectivity index (χ2n) is 8.96. The molecular weight excluding hydrogens is 464 g/mol. The average Bonchev–Trinajstić information content (AvgIpc) is 3.36. The van der Waals surface area contributed by atoms with E-state index in [2.05, 4.69) is 21.1 Å². The van der Waals surface area contributed by atoms with Crippen molar-refractivity contribution in [2.75, 3.05) is 37.0 Å². The van der Waals surface area contributed by atoms with Crippen LogP contribution in [0.3, 0.4) is 0 Å². The lowest BCUT2D eigenvalue weighted by molar-refractivity contribution is 0.229. The molecular formula is C26H31F2N7O. The molecule has 0 bridgehead atoms. The molecule has 2 aromatic carbocycles. The Morgan fingerprint density at radius 1 is 1.06 bits per heavy atom. The summed E-state index contributed by atoms with van der Waals surface area (Å²) in [5, 5.41) is 4.58. The number of ether oxygens (including phenoxy) is 1. The summed E-state index contributed by atoms with van der Waals surface area (Å²) in [6, 6.07) is 10.4. The molecule has 0 spiro atoms. The molecule has 6 N–H and O–H groups in total. The van der Waals surface area contributed by atoms with Crippen LogP contribution in [0.4, 0.5) is 20.3 Å². The number of nitrogen functional groups attached to an aromatic ring is 1. The van der Waals surface area contributed by atoms with Gasteiger partial charge in [-0.2, -0.15) is 9.49 Å². The summed E-state index contributed by atoms with van der Waals surface area (Å²) in [4.78, 5) is 6.47. The lowest BCUT2D eigenvalue weighted by Crippen LogP contribution is -2.40. The fourth-order valence-corrected chi connectivity index (χ4v) is 4.44. The molecule has 36 heavy (non-hydrogen) atoms. The van der Waals surface area contributed by atoms with Gasteiger partial charge in [0.25, 0.3) is 0 Å². The van der Waals surface area contributed by atoms with E-state index < -0.39 is 11.6 Å². The van der Waals surface area contributed by atoms with Gasteiger partial charge in [0.15, 0.2) is 17.4 Å². The van der Waals surface area contributed by atoms with Crippen LogP contribution < -0.4 is 27.2 Å². The summed E-state index contributed by atoms with van der Waals surface area (Å²) in [6.07, 6.45) is 3.90. The van der Waals surface area contributed by atoms with Crippen molar-refractivity contribution in [2.24, 2.45) is 16.8 Å². The molecule has 4 rings (SSSR count). The summed E-state index contributed by atoms with van der Waals surface area (Å²) in [5.41, 5.74) is 9.91. The van der Waals surface area contributed by atoms with Gasteiger partial charge >= 0.3 is 0 Å². The minimum atomic E-state index is -1.19. The number of hydrogen-bond donors (Lipinski definition) is 3. The van der Waals surface area contributed by atoms with Crippen LogP contribution in [0.5, 0.6) is 5.75 Å². The Balaban J connectivity index is 1.59. The van der Waals surface area contributed by atoms with Gasteiger partial charge in [0.1, 0.15) is 12.4 Å². The molecule has 3 aromatic rings. The quantitative estimate of drug-likeness (QED) is 0.198. The largest absolute Gasteiger partial charge is 0.489 e. The van der Waals surface area contributed by atoms with Crippen LogP contribution in [0.2, 0.25) is 0 Å². The van der Waals surface area contributed by atoms with Gasteiger partial charge < -0.3 is 16.3 Å². The molecule has 0 saturated carbocycles. The predicted octanol–water partition coefficient (Wildman–Crippen LogP) is 3.70. The molecule has 1 fully saturated rings. The zero-order valence-corrected chi connectivity index (χ0v) is 20.5. The van der Waals surface area contributed by atoms with Gasteiger partial charge in [-0.05, 0) is 63.5 Å². The SMILES string of the molecule is Cc1cc(C)cc(-c2cnc(N)c(/C(=N/N)N(N)c3ccc(OCCN4CCCC4)c(F)c3F)c2)c1. The molecule has 1 aliphatic heterocycles. The summed E-state index contributed by atoms with van der Waals surface area (Å²) in [7, 11) is 0. The molecule has 0 aliphatic carbocycles. The third-order valence-electron chi connectivity index (χ3n) is 6.21. The predicted molar refractivity (Wildman–Crippen MR) is 138 cm³/mol. The van der Waals surface area contributed by atoms with Crippen molar-refractivity contribution in [2.45, 2.75) is 26.7 Å². The average molecular weight is 496 g/mol. The maximum absolute atomic E-state index is 15.1. The summed E-state index contributed by atoms with van der Waals surface area (Å²) in [5.74, 6) is 9.30. The van der Waals surface area contributed by atoms with Crippen LogP contribution in [0, 0.1) is 25.5 Å². The number of hydrogen-bond acceptors (Lipinski definition) is 7. The first kappa shape index (κ1) is 25.3. The van der Waals surface area contributed by atoms with Crippen LogP contribution in [-0.2, 0) is 0 Å². The summed E-state index contributed by atoms with van der Waals surface area (Å²) in [6.45, 7) is 6.88. The Bertz CT molecular complexity index is 1260. The number of anilines is 2. The maximum atomic E-state index is 15.1. The zero-order chi connectivity index (χ0) is 25.8. The molecule has 2 heterocycles. The van der Waals surface area contributed by atoms with E-state index in [4.69, 9.17) is 22.2 Å². The molecule has 1 saturated heterocycles. The second-order valence-corrected chi connectivity index (χ2v) is 8.96. The van der Waals surface area contributed by atoms with E-state index in [9.17, 15) is 4.39 Å². The highest BCUT2D eigenvalue weighted by Gasteiger charge is 2.24. The highest BCUT2D eigenvalue weighted by Crippen LogP contribution is 2.30. The number of amidine groups is 1. The van der Waals surface area contributed by atoms with E-state index in [-0.39, 0.29) is 35.3 Å². The van der Waals surface area contributed by atoms with E-state index in [1.165, 1.54) is 12.1 Å². The number of halogens is 2. The van der Waals surface area contributed by atoms with E-state index in [1.807, 2.05) is 26.0 Å². The first-order valence-electron chi connectivity index (χ1n) is 11.8. The number of likely N-dealkylation sites (tertiary alicyclic amines) is 1. The van der Waals surface area contributed by atoms with Gasteiger partial charge in [-0.25, -0.2) is 15.2 Å². The molecule has 8 nitrogen and oxygen atoms in total. The van der Waals surface area contributed by atoms with Gasteiger partial charge in [-0.1, -0.05) is 29.3 Å². The highest BCUT2D eigenvalue weighted by atomic mass is 19.2. The Labute approximate surface area is 209 Å². The Hall–Kier alpha value is -3.76. The van der Waals surface area contributed by atoms with E-state index in [0.29, 0.717) is 6.54 Å². The van der Waals surface area contributed by atoms with Crippen LogP contribution >= 0.6 is 0 Å². The lowest BCUT2D eigenvalue weighted by Gasteiger charge is -2.22. The van der Waals surface area contributed by atoms with Gasteiger partial charge in [0.2, 0.25) is 5.82 Å². The Kier molecular flexibility index (Phi) is 7.66. The number of benzene rings is 2. The standard InChI is InChI=1S/C26H31F2N7O/c1-16-11-17(2)13-18(12-16)19-14-20(25(29)32-15-19)26(33-30)35(31)21-5-6-22(24(28)23(21)27)36-10-9-34-7-3-4-8-34/h5-6,11-15H,3-4,7-10,30-31H2,1-2H3,(H2,29,32)/b33-26-. The van der Waals surface area contributed by atoms with E-state index in [1.54, 1.807) is 12.3 Å². The molecule has 0 unspecified atom stereocenters. The number of hydrazone groups is 1. The smallest absolute Gasteiger partial charge is 0.202 e. The zero-order valence-electron chi connectivity index (χ0n) is 20.5. The molecule has 0 amide bonds. The topological polar surface area (TPSA) is 119 Å². The summed E-state index contributed by atoms with van der Waals surface area (Å²) >= 11 is 0. The number of pyridine rings is 1. The normalized spacial score (nSPS) is 14.3. The second kappa shape index (κ2) is 10.9. The van der Waals surface area contributed by atoms with Gasteiger partial charge in [0, 0.05) is 18.3 Å². The lowest BCUT2D eigenvalue weighted by atomic mass is 10.0. The number of aryl methyl sites for hydroxylation is 2. The van der Waals surface area contributed by atoms with Gasteiger partial charge in [-0.15, -0.1) is 0 Å². The molecule has 10 heteroatoms. The number of hydrazine groups is 1. The van der Waals surface area contributed by atoms with Crippen LogP contribution in [0.15, 0.2) is 47.7 Å². The van der Waals surface area contributed by atoms with Crippen LogP contribution in [0.1, 0.15) is 29.5 Å². The van der Waals surface area contributed by atoms with Crippen molar-refractivity contribution in [1.29, 1.82) is 0 Å². The van der Waals surface area contributed by atoms with Crippen molar-refractivity contribution in [3.63, 3.8) is 0 Å². The minimum Gasteiger partial charge on any atom is -0.489 e. The van der Waals surface area contributed by atoms with Crippen molar-refractivity contribution < 1.29 is 13.5 Å². The fourth-order valence-electron chi connectivity index (χ4n) is 4.44. The van der Waals surface area contributed by atoms with Crippen molar-refractivity contribution in [3.05, 3.63) is 70.9 Å². The summed E-state index contributed by atoms with van der Waals surface area (Å²) < 4.78 is 35.4. The van der Waals surface area contributed by atoms with Gasteiger partial charge in [0.05, 0.1) is 11.3 Å². The Morgan fingerprint density at radius 2 is 1.75 bits per heavy atom. The first-order chi connectivity index (χ1) is 17.3. The molecule has 0 radical (unpaired) electrons. The van der Waals surface area contributed by atoms with E-state index >= 15 is 4.39 Å². The Morgan fingerprint density at radius 3 is 2.42 bits per heavy atom. The number of nitrogens with zero attached hydrogens (tertiary/aromatic N) is 4. The number of rotatable bonds is 7.